The van der Waals surface area contributed by atoms with Gasteiger partial charge >= 0.3 is 5.97 Å². The van der Waals surface area contributed by atoms with Crippen molar-refractivity contribution in [1.82, 2.24) is 4.90 Å². The number of hydrogen-bond acceptors (Lipinski definition) is 3. The van der Waals surface area contributed by atoms with E-state index in [1.54, 1.807) is 19.0 Å². The Morgan fingerprint density at radius 2 is 2.18 bits per heavy atom. The van der Waals surface area contributed by atoms with Crippen molar-refractivity contribution < 1.29 is 14.7 Å². The number of carbonyl (C=O) groups is 2. The first-order chi connectivity index (χ1) is 5.07. The molecule has 0 amide bonds. The lowest BCUT2D eigenvalue weighted by Gasteiger charge is -2.16. The van der Waals surface area contributed by atoms with Gasteiger partial charge in [0.05, 0.1) is 6.04 Å². The van der Waals surface area contributed by atoms with Crippen LogP contribution in [-0.2, 0) is 9.59 Å². The molecule has 0 saturated carbocycles. The van der Waals surface area contributed by atoms with Crippen LogP contribution in [0.3, 0.4) is 0 Å². The summed E-state index contributed by atoms with van der Waals surface area (Å²) in [5.41, 5.74) is 0. The lowest BCUT2D eigenvalue weighted by molar-refractivity contribution is -0.137. The SMILES string of the molecule is CN(C)[C@H](C=O)CCC(=O)O. The number of aldehydes is 1. The van der Waals surface area contributed by atoms with E-state index in [4.69, 9.17) is 5.11 Å². The molecule has 1 N–H and O–H groups in total. The number of likely N-dealkylation sites (N-methyl/N-ethyl adjacent to an activating group) is 1. The summed E-state index contributed by atoms with van der Waals surface area (Å²) in [7, 11) is 3.50. The highest BCUT2D eigenvalue weighted by molar-refractivity contribution is 5.68. The monoisotopic (exact) mass is 159 g/mol. The van der Waals surface area contributed by atoms with Gasteiger partial charge < -0.3 is 9.90 Å². The van der Waals surface area contributed by atoms with E-state index < -0.39 is 5.97 Å². The van der Waals surface area contributed by atoms with E-state index in [9.17, 15) is 9.59 Å². The first kappa shape index (κ1) is 10.1. The van der Waals surface area contributed by atoms with Gasteiger partial charge in [-0.1, -0.05) is 0 Å². The highest BCUT2D eigenvalue weighted by Crippen LogP contribution is 1.99. The largest absolute Gasteiger partial charge is 0.481 e. The maximum atomic E-state index is 10.3. The van der Waals surface area contributed by atoms with E-state index in [1.165, 1.54) is 0 Å². The third-order valence-electron chi connectivity index (χ3n) is 1.47. The highest BCUT2D eigenvalue weighted by atomic mass is 16.4. The summed E-state index contributed by atoms with van der Waals surface area (Å²) >= 11 is 0. The van der Waals surface area contributed by atoms with Crippen LogP contribution in [0.1, 0.15) is 12.8 Å². The molecule has 11 heavy (non-hydrogen) atoms. The Hall–Kier alpha value is -0.900. The predicted octanol–water partition coefficient (Wildman–Crippen LogP) is -0.0197. The van der Waals surface area contributed by atoms with Gasteiger partial charge in [-0.25, -0.2) is 0 Å². The molecule has 0 aromatic heterocycles. The Balaban J connectivity index is 3.69. The molecule has 0 rings (SSSR count). The Bertz CT molecular complexity index is 145. The summed E-state index contributed by atoms with van der Waals surface area (Å²) in [6.07, 6.45) is 1.19. The standard InChI is InChI=1S/C7H13NO3/c1-8(2)6(5-9)3-4-7(10)11/h5-6H,3-4H2,1-2H3,(H,10,11)/t6-/m0/s1. The van der Waals surface area contributed by atoms with Crippen molar-refractivity contribution in [2.24, 2.45) is 0 Å². The average molecular weight is 159 g/mol. The van der Waals surface area contributed by atoms with Crippen molar-refractivity contribution in [2.75, 3.05) is 14.1 Å². The summed E-state index contributed by atoms with van der Waals surface area (Å²) in [6, 6.07) is -0.272. The molecule has 0 aliphatic heterocycles. The zero-order chi connectivity index (χ0) is 8.85. The molecular formula is C7H13NO3. The normalized spacial score (nSPS) is 13.0. The quantitative estimate of drug-likeness (QED) is 0.573. The van der Waals surface area contributed by atoms with Gasteiger partial charge in [-0.3, -0.25) is 9.69 Å². The van der Waals surface area contributed by atoms with E-state index in [0.717, 1.165) is 6.29 Å². The minimum absolute atomic E-state index is 0.0432. The Morgan fingerprint density at radius 1 is 1.64 bits per heavy atom. The molecule has 0 aliphatic carbocycles. The van der Waals surface area contributed by atoms with Crippen LogP contribution in [0, 0.1) is 0 Å². The smallest absolute Gasteiger partial charge is 0.303 e. The highest BCUT2D eigenvalue weighted by Gasteiger charge is 2.10. The van der Waals surface area contributed by atoms with Crippen LogP contribution in [0.4, 0.5) is 0 Å². The van der Waals surface area contributed by atoms with Crippen molar-refractivity contribution in [2.45, 2.75) is 18.9 Å². The van der Waals surface area contributed by atoms with E-state index in [1.807, 2.05) is 0 Å². The lowest BCUT2D eigenvalue weighted by atomic mass is 10.1. The maximum Gasteiger partial charge on any atom is 0.303 e. The number of aliphatic carboxylic acids is 1. The van der Waals surface area contributed by atoms with E-state index in [-0.39, 0.29) is 12.5 Å². The van der Waals surface area contributed by atoms with E-state index in [0.29, 0.717) is 6.42 Å². The lowest BCUT2D eigenvalue weighted by Crippen LogP contribution is -2.29. The number of nitrogens with zero attached hydrogens (tertiary/aromatic N) is 1. The van der Waals surface area contributed by atoms with Crippen LogP contribution in [0.15, 0.2) is 0 Å². The average Bonchev–Trinajstić information content (AvgIpc) is 1.87. The molecule has 4 nitrogen and oxygen atoms in total. The number of carboxylic acid groups (broad SMARTS) is 1. The van der Waals surface area contributed by atoms with Gasteiger partial charge in [0.15, 0.2) is 0 Å². The number of hydrogen-bond donors (Lipinski definition) is 1. The second-order valence-corrected chi connectivity index (χ2v) is 2.60. The van der Waals surface area contributed by atoms with Crippen molar-refractivity contribution in [3.05, 3.63) is 0 Å². The molecular weight excluding hydrogens is 146 g/mol. The number of carboxylic acids is 1. The van der Waals surface area contributed by atoms with Crippen molar-refractivity contribution in [3.63, 3.8) is 0 Å². The Labute approximate surface area is 65.8 Å². The molecule has 0 radical (unpaired) electrons. The minimum atomic E-state index is -0.862. The summed E-state index contributed by atoms with van der Waals surface area (Å²) in [5.74, 6) is -0.862. The van der Waals surface area contributed by atoms with Gasteiger partial charge in [0.25, 0.3) is 0 Å². The first-order valence-corrected chi connectivity index (χ1v) is 3.41. The summed E-state index contributed by atoms with van der Waals surface area (Å²) in [6.45, 7) is 0. The molecule has 0 aromatic carbocycles. The van der Waals surface area contributed by atoms with E-state index >= 15 is 0 Å². The molecule has 4 heteroatoms. The molecule has 0 unspecified atom stereocenters. The molecule has 0 aromatic rings. The first-order valence-electron chi connectivity index (χ1n) is 3.41. The number of rotatable bonds is 5. The molecule has 0 spiro atoms. The molecule has 0 fully saturated rings. The van der Waals surface area contributed by atoms with Crippen molar-refractivity contribution in [3.8, 4) is 0 Å². The van der Waals surface area contributed by atoms with E-state index in [2.05, 4.69) is 0 Å². The van der Waals surface area contributed by atoms with Gasteiger partial charge in [0.1, 0.15) is 6.29 Å². The van der Waals surface area contributed by atoms with Crippen LogP contribution in [-0.4, -0.2) is 42.4 Å². The van der Waals surface area contributed by atoms with Crippen LogP contribution in [0.2, 0.25) is 0 Å². The summed E-state index contributed by atoms with van der Waals surface area (Å²) in [5, 5.41) is 8.31. The third kappa shape index (κ3) is 4.50. The topological polar surface area (TPSA) is 57.6 Å². The van der Waals surface area contributed by atoms with Gasteiger partial charge in [-0.15, -0.1) is 0 Å². The third-order valence-corrected chi connectivity index (χ3v) is 1.47. The fourth-order valence-electron chi connectivity index (χ4n) is 0.719. The van der Waals surface area contributed by atoms with Gasteiger partial charge in [0.2, 0.25) is 0 Å². The Kier molecular flexibility index (Phi) is 4.45. The molecule has 0 bridgehead atoms. The number of carbonyl (C=O) groups excluding carboxylic acids is 1. The predicted molar refractivity (Wildman–Crippen MR) is 40.4 cm³/mol. The minimum Gasteiger partial charge on any atom is -0.481 e. The van der Waals surface area contributed by atoms with Gasteiger partial charge in [-0.05, 0) is 20.5 Å². The van der Waals surface area contributed by atoms with Crippen molar-refractivity contribution >= 4 is 12.3 Å². The van der Waals surface area contributed by atoms with Crippen molar-refractivity contribution in [1.29, 1.82) is 0 Å². The fourth-order valence-corrected chi connectivity index (χ4v) is 0.719. The maximum absolute atomic E-state index is 10.3. The molecule has 1 atom stereocenters. The molecule has 0 heterocycles. The summed E-state index contributed by atoms with van der Waals surface area (Å²) in [4.78, 5) is 22.1. The van der Waals surface area contributed by atoms with Crippen LogP contribution in [0.25, 0.3) is 0 Å². The molecule has 0 aliphatic rings. The fraction of sp³-hybridized carbons (Fsp3) is 0.714. The van der Waals surface area contributed by atoms with Crippen LogP contribution in [0.5, 0.6) is 0 Å². The van der Waals surface area contributed by atoms with Gasteiger partial charge in [0, 0.05) is 6.42 Å². The Morgan fingerprint density at radius 3 is 2.45 bits per heavy atom. The zero-order valence-corrected chi connectivity index (χ0v) is 6.78. The molecule has 0 saturated heterocycles. The second kappa shape index (κ2) is 4.85. The zero-order valence-electron chi connectivity index (χ0n) is 6.78. The molecule has 64 valence electrons. The van der Waals surface area contributed by atoms with Crippen LogP contribution >= 0.6 is 0 Å². The second-order valence-electron chi connectivity index (χ2n) is 2.60. The van der Waals surface area contributed by atoms with Crippen LogP contribution < -0.4 is 0 Å². The summed E-state index contributed by atoms with van der Waals surface area (Å²) < 4.78 is 0. The van der Waals surface area contributed by atoms with Gasteiger partial charge in [-0.2, -0.15) is 0 Å².